The average molecular weight is 229 g/mol. The van der Waals surface area contributed by atoms with Gasteiger partial charge in [0.05, 0.1) is 18.6 Å². The minimum Gasteiger partial charge on any atom is -0.469 e. The van der Waals surface area contributed by atoms with Crippen molar-refractivity contribution in [3.05, 3.63) is 0 Å². The number of likely N-dealkylation sites (tertiary alicyclic amines) is 1. The van der Waals surface area contributed by atoms with E-state index in [4.69, 9.17) is 9.47 Å². The number of piperidine rings is 1. The smallest absolute Gasteiger partial charge is 0.309 e. The quantitative estimate of drug-likeness (QED) is 0.681. The van der Waals surface area contributed by atoms with Gasteiger partial charge in [0.2, 0.25) is 0 Å². The van der Waals surface area contributed by atoms with Crippen LogP contribution in [0.2, 0.25) is 0 Å². The van der Waals surface area contributed by atoms with Gasteiger partial charge in [-0.05, 0) is 26.3 Å². The van der Waals surface area contributed by atoms with Gasteiger partial charge in [0.1, 0.15) is 0 Å². The van der Waals surface area contributed by atoms with Crippen molar-refractivity contribution >= 4 is 5.97 Å². The highest BCUT2D eigenvalue weighted by Gasteiger charge is 2.31. The van der Waals surface area contributed by atoms with Crippen molar-refractivity contribution in [2.24, 2.45) is 5.92 Å². The van der Waals surface area contributed by atoms with Gasteiger partial charge in [-0.3, -0.25) is 9.69 Å². The van der Waals surface area contributed by atoms with Crippen LogP contribution in [0.1, 0.15) is 26.7 Å². The molecule has 1 aliphatic rings. The van der Waals surface area contributed by atoms with Crippen molar-refractivity contribution in [1.82, 2.24) is 4.90 Å². The summed E-state index contributed by atoms with van der Waals surface area (Å²) in [4.78, 5) is 13.6. The Kier molecular flexibility index (Phi) is 4.74. The topological polar surface area (TPSA) is 38.8 Å². The summed E-state index contributed by atoms with van der Waals surface area (Å²) in [5.41, 5.74) is -0.0614. The van der Waals surface area contributed by atoms with Gasteiger partial charge < -0.3 is 9.47 Å². The van der Waals surface area contributed by atoms with Crippen LogP contribution in [0.3, 0.4) is 0 Å². The summed E-state index contributed by atoms with van der Waals surface area (Å²) in [7, 11) is 3.20. The highest BCUT2D eigenvalue weighted by molar-refractivity contribution is 5.72. The molecule has 2 unspecified atom stereocenters. The Morgan fingerprint density at radius 3 is 2.75 bits per heavy atom. The molecular formula is C12H23NO3. The molecule has 1 fully saturated rings. The van der Waals surface area contributed by atoms with Crippen molar-refractivity contribution in [3.8, 4) is 0 Å². The normalized spacial score (nSPS) is 28.8. The minimum absolute atomic E-state index is 0.0614. The second-order valence-corrected chi connectivity index (χ2v) is 4.92. The summed E-state index contributed by atoms with van der Waals surface area (Å²) in [6, 6.07) is 0. The molecule has 0 amide bonds. The van der Waals surface area contributed by atoms with Crippen molar-refractivity contribution in [2.75, 3.05) is 33.9 Å². The SMILES string of the molecule is COC(=O)C(C)CN1CCCC(C)(OC)C1. The lowest BCUT2D eigenvalue weighted by atomic mass is 9.94. The van der Waals surface area contributed by atoms with E-state index >= 15 is 0 Å². The van der Waals surface area contributed by atoms with Crippen molar-refractivity contribution in [1.29, 1.82) is 0 Å². The Morgan fingerprint density at radius 2 is 2.19 bits per heavy atom. The van der Waals surface area contributed by atoms with E-state index in [1.165, 1.54) is 7.11 Å². The number of methoxy groups -OCH3 is 2. The standard InChI is InChI=1S/C12H23NO3/c1-10(11(14)15-3)8-13-7-5-6-12(2,9-13)16-4/h10H,5-9H2,1-4H3. The van der Waals surface area contributed by atoms with Gasteiger partial charge in [0, 0.05) is 20.2 Å². The molecule has 0 bridgehead atoms. The van der Waals surface area contributed by atoms with Crippen LogP contribution in [0.15, 0.2) is 0 Å². The fraction of sp³-hybridized carbons (Fsp3) is 0.917. The molecule has 0 aromatic carbocycles. The van der Waals surface area contributed by atoms with Crippen molar-refractivity contribution < 1.29 is 14.3 Å². The molecule has 0 radical (unpaired) electrons. The van der Waals surface area contributed by atoms with Gasteiger partial charge in [0.15, 0.2) is 0 Å². The molecule has 0 saturated carbocycles. The number of carbonyl (C=O) groups excluding carboxylic acids is 1. The lowest BCUT2D eigenvalue weighted by Gasteiger charge is -2.40. The van der Waals surface area contributed by atoms with Crippen LogP contribution in [0.5, 0.6) is 0 Å². The maximum Gasteiger partial charge on any atom is 0.309 e. The zero-order valence-corrected chi connectivity index (χ0v) is 10.8. The molecular weight excluding hydrogens is 206 g/mol. The first kappa shape index (κ1) is 13.5. The number of nitrogens with zero attached hydrogens (tertiary/aromatic N) is 1. The molecule has 1 aliphatic heterocycles. The molecule has 1 rings (SSSR count). The van der Waals surface area contributed by atoms with Crippen LogP contribution < -0.4 is 0 Å². The zero-order valence-electron chi connectivity index (χ0n) is 10.8. The summed E-state index contributed by atoms with van der Waals surface area (Å²) in [6.45, 7) is 6.73. The number of rotatable bonds is 4. The lowest BCUT2D eigenvalue weighted by Crippen LogP contribution is -2.49. The minimum atomic E-state index is -0.135. The molecule has 0 N–H and O–H groups in total. The Bertz CT molecular complexity index is 244. The number of carbonyl (C=O) groups is 1. The van der Waals surface area contributed by atoms with Crippen molar-refractivity contribution in [3.63, 3.8) is 0 Å². The van der Waals surface area contributed by atoms with E-state index in [2.05, 4.69) is 11.8 Å². The van der Waals surface area contributed by atoms with Gasteiger partial charge in [-0.25, -0.2) is 0 Å². The Labute approximate surface area is 97.9 Å². The summed E-state index contributed by atoms with van der Waals surface area (Å²) in [5.74, 6) is -0.200. The fourth-order valence-corrected chi connectivity index (χ4v) is 2.29. The first-order chi connectivity index (χ1) is 7.50. The van der Waals surface area contributed by atoms with E-state index in [0.717, 1.165) is 32.5 Å². The van der Waals surface area contributed by atoms with Gasteiger partial charge in [-0.15, -0.1) is 0 Å². The summed E-state index contributed by atoms with van der Waals surface area (Å²) in [5, 5.41) is 0. The molecule has 0 spiro atoms. The van der Waals surface area contributed by atoms with Gasteiger partial charge in [0.25, 0.3) is 0 Å². The molecule has 94 valence electrons. The van der Waals surface area contributed by atoms with Crippen LogP contribution in [0.4, 0.5) is 0 Å². The zero-order chi connectivity index (χ0) is 12.2. The van der Waals surface area contributed by atoms with Crippen LogP contribution >= 0.6 is 0 Å². The molecule has 4 heteroatoms. The molecule has 1 saturated heterocycles. The molecule has 0 aromatic heterocycles. The van der Waals surface area contributed by atoms with Crippen LogP contribution in [0, 0.1) is 5.92 Å². The number of hydrogen-bond acceptors (Lipinski definition) is 4. The highest BCUT2D eigenvalue weighted by Crippen LogP contribution is 2.24. The van der Waals surface area contributed by atoms with Crippen molar-refractivity contribution in [2.45, 2.75) is 32.3 Å². The van der Waals surface area contributed by atoms with Crippen LogP contribution in [-0.2, 0) is 14.3 Å². The largest absolute Gasteiger partial charge is 0.469 e. The number of ether oxygens (including phenoxy) is 2. The molecule has 16 heavy (non-hydrogen) atoms. The van der Waals surface area contributed by atoms with E-state index in [-0.39, 0.29) is 17.5 Å². The van der Waals surface area contributed by atoms with Crippen LogP contribution in [-0.4, -0.2) is 50.3 Å². The molecule has 2 atom stereocenters. The Hall–Kier alpha value is -0.610. The maximum atomic E-state index is 11.3. The van der Waals surface area contributed by atoms with E-state index in [0.29, 0.717) is 0 Å². The van der Waals surface area contributed by atoms with Gasteiger partial charge >= 0.3 is 5.97 Å². The maximum absolute atomic E-state index is 11.3. The fourth-order valence-electron chi connectivity index (χ4n) is 2.29. The molecule has 0 aliphatic carbocycles. The number of hydrogen-bond donors (Lipinski definition) is 0. The van der Waals surface area contributed by atoms with E-state index in [1.807, 2.05) is 6.92 Å². The third-order valence-corrected chi connectivity index (χ3v) is 3.37. The van der Waals surface area contributed by atoms with E-state index < -0.39 is 0 Å². The Morgan fingerprint density at radius 1 is 1.50 bits per heavy atom. The first-order valence-corrected chi connectivity index (χ1v) is 5.86. The third kappa shape index (κ3) is 3.46. The predicted molar refractivity (Wildman–Crippen MR) is 62.3 cm³/mol. The second-order valence-electron chi connectivity index (χ2n) is 4.92. The van der Waals surface area contributed by atoms with E-state index in [1.54, 1.807) is 7.11 Å². The first-order valence-electron chi connectivity index (χ1n) is 5.86. The summed E-state index contributed by atoms with van der Waals surface area (Å²) < 4.78 is 10.3. The third-order valence-electron chi connectivity index (χ3n) is 3.37. The molecule has 0 aromatic rings. The van der Waals surface area contributed by atoms with Gasteiger partial charge in [-0.1, -0.05) is 6.92 Å². The summed E-state index contributed by atoms with van der Waals surface area (Å²) >= 11 is 0. The molecule has 4 nitrogen and oxygen atoms in total. The summed E-state index contributed by atoms with van der Waals surface area (Å²) in [6.07, 6.45) is 2.21. The second kappa shape index (κ2) is 5.64. The van der Waals surface area contributed by atoms with Gasteiger partial charge in [-0.2, -0.15) is 0 Å². The predicted octanol–water partition coefficient (Wildman–Crippen LogP) is 1.30. The number of esters is 1. The monoisotopic (exact) mass is 229 g/mol. The highest BCUT2D eigenvalue weighted by atomic mass is 16.5. The molecule has 1 heterocycles. The van der Waals surface area contributed by atoms with Crippen LogP contribution in [0.25, 0.3) is 0 Å². The average Bonchev–Trinajstić information content (AvgIpc) is 2.28. The van der Waals surface area contributed by atoms with E-state index in [9.17, 15) is 4.79 Å². The lowest BCUT2D eigenvalue weighted by molar-refractivity contribution is -0.146. The Balaban J connectivity index is 2.46.